The second-order valence-electron chi connectivity index (χ2n) is 17.8. The molecule has 12 rings (SSSR count). The quantitative estimate of drug-likeness (QED) is 0.112. The van der Waals surface area contributed by atoms with Crippen molar-refractivity contribution >= 4 is 11.6 Å². The van der Waals surface area contributed by atoms with Crippen LogP contribution in [0.2, 0.25) is 0 Å². The van der Waals surface area contributed by atoms with Crippen LogP contribution in [0.25, 0.3) is 33.6 Å². The van der Waals surface area contributed by atoms with Crippen LogP contribution in [0.3, 0.4) is 0 Å². The van der Waals surface area contributed by atoms with E-state index in [1.165, 1.54) is 48.8 Å². The molecule has 0 amide bonds. The summed E-state index contributed by atoms with van der Waals surface area (Å²) in [5.74, 6) is 4.84. The molecule has 2 aromatic carbocycles. The summed E-state index contributed by atoms with van der Waals surface area (Å²) in [6.45, 7) is 4.25. The first kappa shape index (κ1) is 36.2. The largest absolute Gasteiger partial charge is 0.472 e. The van der Waals surface area contributed by atoms with Crippen molar-refractivity contribution < 1.29 is 9.47 Å². The van der Waals surface area contributed by atoms with Gasteiger partial charge in [0.2, 0.25) is 11.8 Å². The number of piperidine rings is 2. The van der Waals surface area contributed by atoms with Crippen molar-refractivity contribution in [1.29, 1.82) is 0 Å². The number of ether oxygens (including phenoxy) is 2. The van der Waals surface area contributed by atoms with E-state index in [0.29, 0.717) is 61.3 Å². The topological polar surface area (TPSA) is 110 Å². The second kappa shape index (κ2) is 14.5. The number of anilines is 2. The van der Waals surface area contributed by atoms with E-state index in [4.69, 9.17) is 19.4 Å². The Morgan fingerprint density at radius 1 is 0.733 bits per heavy atom. The highest BCUT2D eigenvalue weighted by atomic mass is 16.5. The highest BCUT2D eigenvalue weighted by Gasteiger charge is 2.65. The fourth-order valence-electron chi connectivity index (χ4n) is 12.0. The van der Waals surface area contributed by atoms with E-state index in [1.807, 2.05) is 40.1 Å². The van der Waals surface area contributed by atoms with Crippen LogP contribution < -0.4 is 25.0 Å². The van der Waals surface area contributed by atoms with Crippen molar-refractivity contribution in [2.45, 2.75) is 101 Å². The van der Waals surface area contributed by atoms with Gasteiger partial charge in [0.1, 0.15) is 24.8 Å². The van der Waals surface area contributed by atoms with Gasteiger partial charge in [-0.15, -0.1) is 0 Å². The number of hydrogen-bond donors (Lipinski definition) is 2. The molecule has 5 unspecified atom stereocenters. The van der Waals surface area contributed by atoms with Crippen molar-refractivity contribution in [2.24, 2.45) is 11.8 Å². The molecule has 0 radical (unpaired) electrons. The standard InChI is InChI=1S/C48H52N10O2/c1-3-55(45-16-14-40-37-12-10-33(57-20-6-18-51-57)22-30(37)28-60-48(40)54-45)34-24-35-25-41(46-43(26-34)58(35)46)38-8-4-7-31(23-42(38)49-2)52-44-15-13-39-36-11-9-32(56-19-5-17-50-56)21-29(36)27-59-47(39)53-44/h5-6,9-22,31,34-35,38,41-43,46,49H,3-4,7-8,23-28H2,1-2H3,(H,52,53)/t31?,34-,35+,38?,41?,42-,43?,46+,58?/m1/s1. The number of nitrogens with one attached hydrogen (secondary N) is 2. The molecule has 5 aliphatic heterocycles. The first-order valence-corrected chi connectivity index (χ1v) is 22.1. The van der Waals surface area contributed by atoms with Crippen LogP contribution in [0.15, 0.2) is 97.6 Å². The van der Waals surface area contributed by atoms with Gasteiger partial charge in [-0.3, -0.25) is 4.90 Å². The van der Waals surface area contributed by atoms with Gasteiger partial charge in [-0.2, -0.15) is 20.2 Å². The average Bonchev–Trinajstić information content (AvgIpc) is 3.69. The third kappa shape index (κ3) is 6.09. The fraction of sp³-hybridized carbons (Fsp3) is 0.417. The van der Waals surface area contributed by atoms with Crippen molar-refractivity contribution in [1.82, 2.24) is 39.7 Å². The number of hydrogen-bond acceptors (Lipinski definition) is 10. The van der Waals surface area contributed by atoms with Gasteiger partial charge in [0.15, 0.2) is 0 Å². The van der Waals surface area contributed by atoms with Crippen molar-refractivity contribution in [3.05, 3.63) is 109 Å². The summed E-state index contributed by atoms with van der Waals surface area (Å²) in [4.78, 5) is 15.6. The molecule has 0 bridgehead atoms. The minimum Gasteiger partial charge on any atom is -0.472 e. The fourth-order valence-corrected chi connectivity index (χ4v) is 12.0. The third-order valence-electron chi connectivity index (χ3n) is 14.7. The maximum atomic E-state index is 6.33. The summed E-state index contributed by atoms with van der Waals surface area (Å²) in [7, 11) is 2.18. The zero-order valence-electron chi connectivity index (χ0n) is 34.3. The molecule has 4 aromatic heterocycles. The Bertz CT molecular complexity index is 2540. The van der Waals surface area contributed by atoms with Crippen LogP contribution >= 0.6 is 0 Å². The van der Waals surface area contributed by atoms with Gasteiger partial charge >= 0.3 is 0 Å². The van der Waals surface area contributed by atoms with Gasteiger partial charge in [0.05, 0.1) is 11.4 Å². The van der Waals surface area contributed by atoms with E-state index in [0.717, 1.165) is 70.9 Å². The van der Waals surface area contributed by atoms with Crippen LogP contribution in [0.1, 0.15) is 63.0 Å². The lowest BCUT2D eigenvalue weighted by atomic mass is 9.75. The van der Waals surface area contributed by atoms with Crippen molar-refractivity contribution in [3.8, 4) is 45.4 Å². The minimum absolute atomic E-state index is 0.366. The summed E-state index contributed by atoms with van der Waals surface area (Å²) in [5.41, 5.74) is 8.90. The van der Waals surface area contributed by atoms with Crippen LogP contribution in [0.4, 0.5) is 11.6 Å². The summed E-state index contributed by atoms with van der Waals surface area (Å²) >= 11 is 0. The van der Waals surface area contributed by atoms with Crippen LogP contribution in [0, 0.1) is 11.8 Å². The van der Waals surface area contributed by atoms with Gasteiger partial charge < -0.3 is 25.0 Å². The third-order valence-corrected chi connectivity index (χ3v) is 14.7. The van der Waals surface area contributed by atoms with Crippen LogP contribution in [-0.4, -0.2) is 84.3 Å². The van der Waals surface area contributed by atoms with E-state index < -0.39 is 0 Å². The summed E-state index contributed by atoms with van der Waals surface area (Å²) in [6.07, 6.45) is 16.1. The molecule has 1 saturated carbocycles. The normalized spacial score (nSPS) is 28.1. The lowest BCUT2D eigenvalue weighted by Crippen LogP contribution is -2.46. The molecule has 2 N–H and O–H groups in total. The Kier molecular flexibility index (Phi) is 8.73. The first-order valence-electron chi connectivity index (χ1n) is 22.1. The van der Waals surface area contributed by atoms with Crippen molar-refractivity contribution in [2.75, 3.05) is 23.8 Å². The van der Waals surface area contributed by atoms with Crippen LogP contribution in [-0.2, 0) is 13.2 Å². The Morgan fingerprint density at radius 2 is 1.42 bits per heavy atom. The molecular formula is C48H52N10O2. The second-order valence-corrected chi connectivity index (χ2v) is 17.8. The average molecular weight is 801 g/mol. The number of rotatable bonds is 9. The zero-order chi connectivity index (χ0) is 39.9. The summed E-state index contributed by atoms with van der Waals surface area (Å²) < 4.78 is 16.3. The predicted molar refractivity (Wildman–Crippen MR) is 232 cm³/mol. The van der Waals surface area contributed by atoms with Crippen molar-refractivity contribution in [3.63, 3.8) is 0 Å². The zero-order valence-corrected chi connectivity index (χ0v) is 34.3. The number of pyridine rings is 2. The Labute approximate surface area is 350 Å². The molecule has 6 aliphatic rings. The molecular weight excluding hydrogens is 749 g/mol. The smallest absolute Gasteiger partial charge is 0.223 e. The monoisotopic (exact) mass is 800 g/mol. The van der Waals surface area contributed by atoms with Gasteiger partial charge in [0.25, 0.3) is 0 Å². The minimum atomic E-state index is 0.366. The molecule has 12 nitrogen and oxygen atoms in total. The molecule has 3 saturated heterocycles. The van der Waals surface area contributed by atoms with Gasteiger partial charge in [-0.05, 0) is 147 Å². The van der Waals surface area contributed by atoms with Gasteiger partial charge in [-0.25, -0.2) is 9.36 Å². The number of benzene rings is 2. The number of aromatic nitrogens is 6. The highest BCUT2D eigenvalue weighted by molar-refractivity contribution is 5.77. The van der Waals surface area contributed by atoms with E-state index >= 15 is 0 Å². The van der Waals surface area contributed by atoms with Gasteiger partial charge in [-0.1, -0.05) is 18.6 Å². The molecule has 9 atom stereocenters. The lowest BCUT2D eigenvalue weighted by molar-refractivity contribution is 0.210. The Balaban J connectivity index is 0.699. The maximum Gasteiger partial charge on any atom is 0.223 e. The molecule has 60 heavy (non-hydrogen) atoms. The van der Waals surface area contributed by atoms with E-state index in [1.54, 1.807) is 6.20 Å². The molecule has 12 heteroatoms. The molecule has 1 aliphatic carbocycles. The van der Waals surface area contributed by atoms with E-state index in [2.05, 4.69) is 105 Å². The predicted octanol–water partition coefficient (Wildman–Crippen LogP) is 7.66. The van der Waals surface area contributed by atoms with Gasteiger partial charge in [0, 0.05) is 78.7 Å². The number of nitrogens with zero attached hydrogens (tertiary/aromatic N) is 8. The first-order chi connectivity index (χ1) is 29.6. The van der Waals surface area contributed by atoms with Crippen LogP contribution in [0.5, 0.6) is 11.8 Å². The van der Waals surface area contributed by atoms with E-state index in [9.17, 15) is 0 Å². The summed E-state index contributed by atoms with van der Waals surface area (Å²) in [5, 5.41) is 16.5. The highest BCUT2D eigenvalue weighted by Crippen LogP contribution is 2.57. The Hall–Kier alpha value is -5.72. The molecule has 306 valence electrons. The molecule has 9 heterocycles. The maximum absolute atomic E-state index is 6.33. The molecule has 4 fully saturated rings. The molecule has 6 aromatic rings. The molecule has 0 spiro atoms. The van der Waals surface area contributed by atoms with E-state index in [-0.39, 0.29) is 0 Å². The Morgan fingerprint density at radius 3 is 2.07 bits per heavy atom. The SMILES string of the molecule is CCN(c1ccc2c(n1)OCc1cc(-n3cccn3)ccc1-2)[C@H]1CC2[C@@H]3C(C4CCCC(Nc5ccc6c(n5)OCc5cc(-n7cccn7)ccc5-6)C[C@H]4NC)C[C@H](C1)N23. The lowest BCUT2D eigenvalue weighted by Gasteiger charge is -2.40. The summed E-state index contributed by atoms with van der Waals surface area (Å²) in [6, 6.07) is 29.0. The number of fused-ring (bicyclic) bond motifs is 7.